The first-order valence-electron chi connectivity index (χ1n) is 8.91. The number of benzene rings is 2. The predicted molar refractivity (Wildman–Crippen MR) is 115 cm³/mol. The summed E-state index contributed by atoms with van der Waals surface area (Å²) in [6.45, 7) is 0.901. The van der Waals surface area contributed by atoms with Crippen LogP contribution in [0.5, 0.6) is 5.75 Å². The molecule has 7 nitrogen and oxygen atoms in total. The van der Waals surface area contributed by atoms with Crippen LogP contribution in [0.15, 0.2) is 53.4 Å². The number of nitrogens with one attached hydrogen (secondary N) is 2. The lowest BCUT2D eigenvalue weighted by Gasteiger charge is -2.07. The maximum absolute atomic E-state index is 12.3. The summed E-state index contributed by atoms with van der Waals surface area (Å²) >= 11 is 7.18. The lowest BCUT2D eigenvalue weighted by atomic mass is 10.1. The van der Waals surface area contributed by atoms with Gasteiger partial charge in [0.2, 0.25) is 15.2 Å². The molecule has 0 aliphatic heterocycles. The third-order valence-corrected chi connectivity index (χ3v) is 6.47. The maximum Gasteiger partial charge on any atom is 0.240 e. The van der Waals surface area contributed by atoms with Crippen molar-refractivity contribution >= 4 is 38.3 Å². The molecule has 29 heavy (non-hydrogen) atoms. The van der Waals surface area contributed by atoms with Crippen LogP contribution < -0.4 is 14.8 Å². The molecule has 0 amide bonds. The fraction of sp³-hybridized carbons (Fsp3) is 0.263. The zero-order valence-electron chi connectivity index (χ0n) is 15.8. The molecule has 0 aliphatic rings. The molecule has 2 aromatic carbocycles. The summed E-state index contributed by atoms with van der Waals surface area (Å²) in [6.07, 6.45) is 1.25. The van der Waals surface area contributed by atoms with E-state index in [1.54, 1.807) is 12.1 Å². The Balaban J connectivity index is 1.41. The van der Waals surface area contributed by atoms with Crippen LogP contribution in [0.3, 0.4) is 0 Å². The molecule has 0 unspecified atom stereocenters. The van der Waals surface area contributed by atoms with E-state index in [9.17, 15) is 8.42 Å². The Morgan fingerprint density at radius 2 is 1.79 bits per heavy atom. The molecule has 3 aromatic rings. The number of halogens is 1. The van der Waals surface area contributed by atoms with Crippen molar-refractivity contribution < 1.29 is 13.2 Å². The van der Waals surface area contributed by atoms with Gasteiger partial charge < -0.3 is 10.1 Å². The maximum atomic E-state index is 12.3. The minimum Gasteiger partial charge on any atom is -0.497 e. The van der Waals surface area contributed by atoms with Gasteiger partial charge in [-0.05, 0) is 48.4 Å². The number of methoxy groups -OCH3 is 1. The number of anilines is 1. The van der Waals surface area contributed by atoms with E-state index < -0.39 is 10.0 Å². The Labute approximate surface area is 179 Å². The lowest BCUT2D eigenvalue weighted by Crippen LogP contribution is -2.26. The lowest BCUT2D eigenvalue weighted by molar-refractivity contribution is 0.414. The van der Waals surface area contributed by atoms with Crippen LogP contribution in [-0.2, 0) is 16.4 Å². The van der Waals surface area contributed by atoms with Crippen LogP contribution in [0.2, 0.25) is 5.02 Å². The van der Waals surface area contributed by atoms with Crippen molar-refractivity contribution in [3.63, 3.8) is 0 Å². The Morgan fingerprint density at radius 3 is 2.48 bits per heavy atom. The van der Waals surface area contributed by atoms with Gasteiger partial charge in [-0.25, -0.2) is 18.1 Å². The van der Waals surface area contributed by atoms with Crippen molar-refractivity contribution in [1.82, 2.24) is 14.1 Å². The van der Waals surface area contributed by atoms with Gasteiger partial charge in [0.1, 0.15) is 11.6 Å². The van der Waals surface area contributed by atoms with E-state index in [-0.39, 0.29) is 4.90 Å². The predicted octanol–water partition coefficient (Wildman–Crippen LogP) is 3.57. The minimum absolute atomic E-state index is 0.210. The van der Waals surface area contributed by atoms with E-state index >= 15 is 0 Å². The van der Waals surface area contributed by atoms with Gasteiger partial charge in [-0.15, -0.1) is 0 Å². The normalized spacial score (nSPS) is 11.4. The summed E-state index contributed by atoms with van der Waals surface area (Å²) in [5.74, 6) is 1.35. The van der Waals surface area contributed by atoms with Crippen LogP contribution >= 0.6 is 23.1 Å². The highest BCUT2D eigenvalue weighted by Crippen LogP contribution is 2.17. The third-order valence-electron chi connectivity index (χ3n) is 4.04. The van der Waals surface area contributed by atoms with Crippen molar-refractivity contribution in [3.8, 4) is 5.75 Å². The second kappa shape index (κ2) is 10.0. The SMILES string of the molecule is COc1ccc(S(=O)(=O)NCCCNc2nc(Cc3ccc(Cl)cc3)ns2)cc1. The van der Waals surface area contributed by atoms with Crippen LogP contribution in [0.1, 0.15) is 17.8 Å². The smallest absolute Gasteiger partial charge is 0.240 e. The highest BCUT2D eigenvalue weighted by molar-refractivity contribution is 7.89. The van der Waals surface area contributed by atoms with E-state index in [0.29, 0.717) is 41.8 Å². The van der Waals surface area contributed by atoms with E-state index in [1.165, 1.54) is 30.8 Å². The quantitative estimate of drug-likeness (QED) is 0.457. The van der Waals surface area contributed by atoms with Gasteiger partial charge in [0.05, 0.1) is 12.0 Å². The van der Waals surface area contributed by atoms with Gasteiger partial charge in [-0.3, -0.25) is 0 Å². The van der Waals surface area contributed by atoms with Crippen molar-refractivity contribution in [2.45, 2.75) is 17.7 Å². The molecule has 0 atom stereocenters. The number of aromatic nitrogens is 2. The van der Waals surface area contributed by atoms with Crippen molar-refractivity contribution in [2.75, 3.05) is 25.5 Å². The largest absolute Gasteiger partial charge is 0.497 e. The number of ether oxygens (including phenoxy) is 1. The van der Waals surface area contributed by atoms with Gasteiger partial charge >= 0.3 is 0 Å². The van der Waals surface area contributed by atoms with Gasteiger partial charge in [0.15, 0.2) is 0 Å². The first-order valence-corrected chi connectivity index (χ1v) is 11.5. The molecule has 0 radical (unpaired) electrons. The van der Waals surface area contributed by atoms with Crippen LogP contribution in [-0.4, -0.2) is 38.0 Å². The highest BCUT2D eigenvalue weighted by Gasteiger charge is 2.13. The summed E-state index contributed by atoms with van der Waals surface area (Å²) < 4.78 is 36.5. The molecule has 0 saturated carbocycles. The zero-order valence-corrected chi connectivity index (χ0v) is 18.1. The Morgan fingerprint density at radius 1 is 1.07 bits per heavy atom. The Hall–Kier alpha value is -2.20. The summed E-state index contributed by atoms with van der Waals surface area (Å²) in [5.41, 5.74) is 1.09. The number of hydrogen-bond acceptors (Lipinski definition) is 7. The molecule has 0 bridgehead atoms. The molecule has 1 heterocycles. The second-order valence-electron chi connectivity index (χ2n) is 6.17. The van der Waals surface area contributed by atoms with Gasteiger partial charge in [-0.1, -0.05) is 23.7 Å². The number of hydrogen-bond donors (Lipinski definition) is 2. The molecule has 2 N–H and O–H groups in total. The molecule has 0 aliphatic carbocycles. The number of nitrogens with zero attached hydrogens (tertiary/aromatic N) is 2. The fourth-order valence-corrected chi connectivity index (χ4v) is 4.32. The van der Waals surface area contributed by atoms with Crippen LogP contribution in [0.25, 0.3) is 0 Å². The molecular formula is C19H21ClN4O3S2. The Bertz CT molecular complexity index is 1020. The van der Waals surface area contributed by atoms with Gasteiger partial charge in [-0.2, -0.15) is 4.37 Å². The van der Waals surface area contributed by atoms with E-state index in [0.717, 1.165) is 11.4 Å². The monoisotopic (exact) mass is 452 g/mol. The highest BCUT2D eigenvalue weighted by atomic mass is 35.5. The van der Waals surface area contributed by atoms with E-state index in [4.69, 9.17) is 16.3 Å². The average Bonchev–Trinajstić information content (AvgIpc) is 3.16. The van der Waals surface area contributed by atoms with Crippen LogP contribution in [0, 0.1) is 0 Å². The third kappa shape index (κ3) is 6.40. The molecular weight excluding hydrogens is 432 g/mol. The second-order valence-corrected chi connectivity index (χ2v) is 9.13. The molecule has 0 spiro atoms. The molecule has 3 rings (SSSR count). The molecule has 1 aromatic heterocycles. The topological polar surface area (TPSA) is 93.2 Å². The average molecular weight is 453 g/mol. The standard InChI is InChI=1S/C19H21ClN4O3S2/c1-27-16-7-9-17(10-8-16)29(25,26)22-12-2-11-21-19-23-18(24-28-19)13-14-3-5-15(20)6-4-14/h3-10,22H,2,11-13H2,1H3,(H,21,23,24). The van der Waals surface area contributed by atoms with Crippen molar-refractivity contribution in [2.24, 2.45) is 0 Å². The van der Waals surface area contributed by atoms with E-state index in [1.807, 2.05) is 24.3 Å². The number of rotatable bonds is 10. The summed E-state index contributed by atoms with van der Waals surface area (Å²) in [5, 5.41) is 4.59. The van der Waals surface area contributed by atoms with Gasteiger partial charge in [0.25, 0.3) is 0 Å². The summed E-state index contributed by atoms with van der Waals surface area (Å²) in [6, 6.07) is 13.9. The zero-order chi connectivity index (χ0) is 20.7. The summed E-state index contributed by atoms with van der Waals surface area (Å²) in [7, 11) is -2.00. The molecule has 0 saturated heterocycles. The van der Waals surface area contributed by atoms with Crippen molar-refractivity contribution in [1.29, 1.82) is 0 Å². The van der Waals surface area contributed by atoms with Crippen LogP contribution in [0.4, 0.5) is 5.13 Å². The van der Waals surface area contributed by atoms with E-state index in [2.05, 4.69) is 19.4 Å². The first kappa shape index (κ1) is 21.5. The first-order chi connectivity index (χ1) is 14.0. The molecule has 154 valence electrons. The molecule has 0 fully saturated rings. The summed E-state index contributed by atoms with van der Waals surface area (Å²) in [4.78, 5) is 4.66. The number of sulfonamides is 1. The Kier molecular flexibility index (Phi) is 7.43. The minimum atomic E-state index is -3.53. The fourth-order valence-electron chi connectivity index (χ4n) is 2.51. The molecule has 10 heteroatoms. The van der Waals surface area contributed by atoms with Crippen molar-refractivity contribution in [3.05, 3.63) is 64.9 Å². The van der Waals surface area contributed by atoms with Gasteiger partial charge in [0, 0.05) is 36.1 Å².